The van der Waals surface area contributed by atoms with E-state index >= 15 is 0 Å². The van der Waals surface area contributed by atoms with Crippen LogP contribution in [-0.2, 0) is 4.84 Å². The van der Waals surface area contributed by atoms with Gasteiger partial charge in [0.25, 0.3) is 0 Å². The summed E-state index contributed by atoms with van der Waals surface area (Å²) in [6, 6.07) is 21.2. The molecule has 2 aromatic carbocycles. The molecule has 1 atom stereocenters. The van der Waals surface area contributed by atoms with Gasteiger partial charge >= 0.3 is 0 Å². The van der Waals surface area contributed by atoms with E-state index in [-0.39, 0.29) is 6.10 Å². The lowest BCUT2D eigenvalue weighted by atomic mass is 10.1. The molecule has 0 bridgehead atoms. The number of para-hydroxylation sites is 1. The summed E-state index contributed by atoms with van der Waals surface area (Å²) in [7, 11) is 0. The number of pyridine rings is 1. The molecule has 0 amide bonds. The average Bonchev–Trinajstić information content (AvgIpc) is 3.14. The minimum atomic E-state index is -0.228. The zero-order valence-corrected chi connectivity index (χ0v) is 14.3. The number of hydroxylamine groups is 1. The van der Waals surface area contributed by atoms with Crippen molar-refractivity contribution in [3.63, 3.8) is 0 Å². The third-order valence-corrected chi connectivity index (χ3v) is 3.89. The molecule has 5 heteroatoms. The molecule has 1 unspecified atom stereocenters. The van der Waals surface area contributed by atoms with Gasteiger partial charge in [0.1, 0.15) is 23.4 Å². The third kappa shape index (κ3) is 3.84. The number of aromatic nitrogens is 1. The Hall–Kier alpha value is -3.31. The first-order chi connectivity index (χ1) is 12.8. The average molecular weight is 346 g/mol. The van der Waals surface area contributed by atoms with Crippen LogP contribution in [0.2, 0.25) is 0 Å². The van der Waals surface area contributed by atoms with Gasteiger partial charge in [-0.15, -0.1) is 0 Å². The highest BCUT2D eigenvalue weighted by atomic mass is 16.7. The van der Waals surface area contributed by atoms with Crippen LogP contribution in [0.3, 0.4) is 0 Å². The van der Waals surface area contributed by atoms with Gasteiger partial charge in [0.15, 0.2) is 0 Å². The van der Waals surface area contributed by atoms with E-state index in [1.54, 1.807) is 6.20 Å². The van der Waals surface area contributed by atoms with Crippen molar-refractivity contribution >= 4 is 0 Å². The Balaban J connectivity index is 1.41. The second kappa shape index (κ2) is 7.29. The summed E-state index contributed by atoms with van der Waals surface area (Å²) in [4.78, 5) is 9.78. The van der Waals surface area contributed by atoms with Crippen LogP contribution in [0.5, 0.6) is 17.2 Å². The van der Waals surface area contributed by atoms with Gasteiger partial charge in [-0.1, -0.05) is 30.3 Å². The topological polar surface area (TPSA) is 52.6 Å². The number of benzene rings is 2. The minimum absolute atomic E-state index is 0.228. The van der Waals surface area contributed by atoms with Crippen LogP contribution in [0.1, 0.15) is 17.4 Å². The first-order valence-electron chi connectivity index (χ1n) is 8.33. The minimum Gasteiger partial charge on any atom is -0.457 e. The van der Waals surface area contributed by atoms with Crippen LogP contribution < -0.4 is 15.0 Å². The van der Waals surface area contributed by atoms with E-state index in [2.05, 4.69) is 10.5 Å². The maximum Gasteiger partial charge on any atom is 0.216 e. The lowest BCUT2D eigenvalue weighted by Crippen LogP contribution is -2.12. The molecule has 0 spiro atoms. The van der Waals surface area contributed by atoms with Gasteiger partial charge in [0.05, 0.1) is 6.20 Å². The SMILES string of the molecule is Cc1ccc(OC2=CC(c3ccc(Oc4ccccc4)cc3)ON2)cn1. The van der Waals surface area contributed by atoms with Crippen LogP contribution in [0.15, 0.2) is 84.9 Å². The molecule has 1 aliphatic rings. The molecule has 4 rings (SSSR count). The standard InChI is InChI=1S/C21H18N2O3/c1-15-7-10-19(14-22-15)25-21-13-20(26-23-21)16-8-11-18(12-9-16)24-17-5-3-2-4-6-17/h2-14,20,23H,1H3. The summed E-state index contributed by atoms with van der Waals surface area (Å²) in [5.41, 5.74) is 4.74. The molecular weight excluding hydrogens is 328 g/mol. The highest BCUT2D eigenvalue weighted by Gasteiger charge is 2.20. The zero-order chi connectivity index (χ0) is 17.8. The largest absolute Gasteiger partial charge is 0.457 e. The zero-order valence-electron chi connectivity index (χ0n) is 14.3. The van der Waals surface area contributed by atoms with Crippen molar-refractivity contribution in [2.75, 3.05) is 0 Å². The van der Waals surface area contributed by atoms with Crippen molar-refractivity contribution < 1.29 is 14.3 Å². The van der Waals surface area contributed by atoms with Gasteiger partial charge in [-0.3, -0.25) is 9.82 Å². The first-order valence-corrected chi connectivity index (χ1v) is 8.33. The van der Waals surface area contributed by atoms with Gasteiger partial charge in [-0.25, -0.2) is 5.48 Å². The number of hydrogen-bond donors (Lipinski definition) is 1. The maximum atomic E-state index is 5.80. The van der Waals surface area contributed by atoms with E-state index in [1.807, 2.05) is 79.7 Å². The highest BCUT2D eigenvalue weighted by Crippen LogP contribution is 2.28. The number of hydrogen-bond acceptors (Lipinski definition) is 5. The Morgan fingerprint density at radius 1 is 0.846 bits per heavy atom. The number of rotatable bonds is 5. The molecule has 1 aromatic heterocycles. The summed E-state index contributed by atoms with van der Waals surface area (Å²) in [6.45, 7) is 1.93. The number of ether oxygens (including phenoxy) is 2. The molecule has 0 saturated heterocycles. The Morgan fingerprint density at radius 2 is 1.58 bits per heavy atom. The summed E-state index contributed by atoms with van der Waals surface area (Å²) in [6.07, 6.45) is 3.34. The fraction of sp³-hybridized carbons (Fsp3) is 0.0952. The predicted molar refractivity (Wildman–Crippen MR) is 97.6 cm³/mol. The predicted octanol–water partition coefficient (Wildman–Crippen LogP) is 4.68. The molecule has 1 N–H and O–H groups in total. The van der Waals surface area contributed by atoms with E-state index in [1.165, 1.54) is 0 Å². The van der Waals surface area contributed by atoms with Crippen LogP contribution >= 0.6 is 0 Å². The Bertz CT molecular complexity index is 891. The number of aryl methyl sites for hydroxylation is 1. The molecule has 0 radical (unpaired) electrons. The molecule has 5 nitrogen and oxygen atoms in total. The molecule has 3 aromatic rings. The van der Waals surface area contributed by atoms with E-state index in [0.717, 1.165) is 22.8 Å². The normalized spacial score (nSPS) is 15.9. The second-order valence-electron chi connectivity index (χ2n) is 5.89. The van der Waals surface area contributed by atoms with Gasteiger partial charge in [0, 0.05) is 11.8 Å². The Morgan fingerprint density at radius 3 is 2.31 bits per heavy atom. The fourth-order valence-electron chi connectivity index (χ4n) is 2.54. The van der Waals surface area contributed by atoms with Crippen molar-refractivity contribution in [3.05, 3.63) is 96.1 Å². The molecule has 1 aliphatic heterocycles. The van der Waals surface area contributed by atoms with Gasteiger partial charge in [-0.2, -0.15) is 0 Å². The van der Waals surface area contributed by atoms with E-state index in [0.29, 0.717) is 11.6 Å². The van der Waals surface area contributed by atoms with Crippen molar-refractivity contribution in [1.82, 2.24) is 10.5 Å². The molecule has 26 heavy (non-hydrogen) atoms. The van der Waals surface area contributed by atoms with E-state index in [9.17, 15) is 0 Å². The Labute approximate surface area is 151 Å². The van der Waals surface area contributed by atoms with Crippen LogP contribution in [-0.4, -0.2) is 4.98 Å². The number of nitrogens with zero attached hydrogens (tertiary/aromatic N) is 1. The molecule has 0 fully saturated rings. The second-order valence-corrected chi connectivity index (χ2v) is 5.89. The molecular formula is C21H18N2O3. The first kappa shape index (κ1) is 16.2. The van der Waals surface area contributed by atoms with Crippen molar-refractivity contribution in [2.24, 2.45) is 0 Å². The van der Waals surface area contributed by atoms with Crippen LogP contribution in [0, 0.1) is 6.92 Å². The van der Waals surface area contributed by atoms with Crippen molar-refractivity contribution in [3.8, 4) is 17.2 Å². The quantitative estimate of drug-likeness (QED) is 0.727. The summed E-state index contributed by atoms with van der Waals surface area (Å²) < 4.78 is 11.5. The van der Waals surface area contributed by atoms with Gasteiger partial charge in [0.2, 0.25) is 5.88 Å². The lowest BCUT2D eigenvalue weighted by molar-refractivity contribution is 0.0273. The monoisotopic (exact) mass is 346 g/mol. The van der Waals surface area contributed by atoms with E-state index in [4.69, 9.17) is 14.3 Å². The summed E-state index contributed by atoms with van der Waals surface area (Å²) >= 11 is 0. The van der Waals surface area contributed by atoms with Gasteiger partial charge < -0.3 is 9.47 Å². The lowest BCUT2D eigenvalue weighted by Gasteiger charge is -2.09. The number of nitrogens with one attached hydrogen (secondary N) is 1. The smallest absolute Gasteiger partial charge is 0.216 e. The fourth-order valence-corrected chi connectivity index (χ4v) is 2.54. The molecule has 2 heterocycles. The van der Waals surface area contributed by atoms with Gasteiger partial charge in [-0.05, 0) is 48.9 Å². The summed E-state index contributed by atoms with van der Waals surface area (Å²) in [5, 5.41) is 0. The van der Waals surface area contributed by atoms with Crippen LogP contribution in [0.4, 0.5) is 0 Å². The molecule has 0 aliphatic carbocycles. The maximum absolute atomic E-state index is 5.80. The highest BCUT2D eigenvalue weighted by molar-refractivity contribution is 5.35. The molecule has 0 saturated carbocycles. The van der Waals surface area contributed by atoms with Crippen molar-refractivity contribution in [1.29, 1.82) is 0 Å². The van der Waals surface area contributed by atoms with Crippen molar-refractivity contribution in [2.45, 2.75) is 13.0 Å². The van der Waals surface area contributed by atoms with Crippen LogP contribution in [0.25, 0.3) is 0 Å². The summed E-state index contributed by atoms with van der Waals surface area (Å²) in [5.74, 6) is 2.79. The van der Waals surface area contributed by atoms with E-state index < -0.39 is 0 Å². The molecule has 130 valence electrons. The Kier molecular flexibility index (Phi) is 4.53. The third-order valence-electron chi connectivity index (χ3n) is 3.89.